The third-order valence-electron chi connectivity index (χ3n) is 4.10. The van der Waals surface area contributed by atoms with Crippen molar-refractivity contribution in [1.82, 2.24) is 9.78 Å². The van der Waals surface area contributed by atoms with Gasteiger partial charge in [-0.3, -0.25) is 4.79 Å². The minimum absolute atomic E-state index is 0.160. The number of carbonyl (C=O) groups is 1. The Morgan fingerprint density at radius 1 is 1.08 bits per heavy atom. The van der Waals surface area contributed by atoms with E-state index in [9.17, 15) is 18.0 Å². The van der Waals surface area contributed by atoms with E-state index < -0.39 is 17.6 Å². The molecular weight excluding hydrogens is 343 g/mol. The van der Waals surface area contributed by atoms with Gasteiger partial charge in [-0.05, 0) is 43.7 Å². The van der Waals surface area contributed by atoms with Crippen LogP contribution >= 0.6 is 0 Å². The monoisotopic (exact) mass is 359 g/mol. The van der Waals surface area contributed by atoms with Gasteiger partial charge in [0, 0.05) is 5.56 Å². The number of rotatable bonds is 4. The fourth-order valence-corrected chi connectivity index (χ4v) is 2.62. The molecule has 1 heterocycles. The third kappa shape index (κ3) is 3.20. The average Bonchev–Trinajstić information content (AvgIpc) is 2.96. The Hall–Kier alpha value is -3.09. The van der Waals surface area contributed by atoms with Crippen molar-refractivity contribution in [3.63, 3.8) is 0 Å². The van der Waals surface area contributed by atoms with E-state index in [-0.39, 0.29) is 11.3 Å². The van der Waals surface area contributed by atoms with Crippen molar-refractivity contribution >= 4 is 11.6 Å². The van der Waals surface area contributed by atoms with Crippen LogP contribution in [0.4, 0.5) is 18.9 Å². The van der Waals surface area contributed by atoms with Gasteiger partial charge in [-0.15, -0.1) is 0 Å². The molecule has 0 spiro atoms. The summed E-state index contributed by atoms with van der Waals surface area (Å²) in [6.07, 6.45) is 1.28. The van der Waals surface area contributed by atoms with Crippen LogP contribution in [0.3, 0.4) is 0 Å². The largest absolute Gasteiger partial charge is 0.350 e. The fraction of sp³-hybridized carbons (Fsp3) is 0.158. The number of carbonyl (C=O) groups excluding carboxylic acids is 1. The van der Waals surface area contributed by atoms with Crippen molar-refractivity contribution in [3.05, 3.63) is 77.4 Å². The highest BCUT2D eigenvalue weighted by atomic mass is 19.3. The number of alkyl halides is 2. The van der Waals surface area contributed by atoms with E-state index in [0.717, 1.165) is 0 Å². The number of hydrogen-bond acceptors (Lipinski definition) is 2. The fourth-order valence-electron chi connectivity index (χ4n) is 2.62. The maximum Gasteiger partial charge on any atom is 0.350 e. The van der Waals surface area contributed by atoms with Gasteiger partial charge in [-0.1, -0.05) is 24.3 Å². The molecule has 0 atom stereocenters. The maximum atomic E-state index is 14.5. The summed E-state index contributed by atoms with van der Waals surface area (Å²) >= 11 is 0. The number of aromatic nitrogens is 2. The predicted octanol–water partition coefficient (Wildman–Crippen LogP) is 4.36. The first-order valence-corrected chi connectivity index (χ1v) is 7.86. The third-order valence-corrected chi connectivity index (χ3v) is 4.10. The van der Waals surface area contributed by atoms with Crippen molar-refractivity contribution < 1.29 is 18.0 Å². The van der Waals surface area contributed by atoms with E-state index in [0.29, 0.717) is 16.9 Å². The molecule has 0 aliphatic rings. The van der Waals surface area contributed by atoms with Crippen LogP contribution in [0.15, 0.2) is 54.7 Å². The van der Waals surface area contributed by atoms with Crippen molar-refractivity contribution in [2.75, 3.05) is 5.32 Å². The van der Waals surface area contributed by atoms with Gasteiger partial charge in [0.1, 0.15) is 5.82 Å². The minimum atomic E-state index is -3.68. The van der Waals surface area contributed by atoms with Gasteiger partial charge in [0.25, 0.3) is 5.91 Å². The van der Waals surface area contributed by atoms with E-state index in [2.05, 4.69) is 10.4 Å². The zero-order chi connectivity index (χ0) is 18.9. The predicted molar refractivity (Wildman–Crippen MR) is 92.0 cm³/mol. The van der Waals surface area contributed by atoms with Gasteiger partial charge in [-0.2, -0.15) is 13.9 Å². The van der Waals surface area contributed by atoms with Crippen LogP contribution in [0, 0.1) is 19.7 Å². The second-order valence-corrected chi connectivity index (χ2v) is 5.88. The van der Waals surface area contributed by atoms with Crippen molar-refractivity contribution in [3.8, 4) is 5.69 Å². The molecule has 3 aromatic rings. The molecule has 0 radical (unpaired) electrons. The molecule has 0 fully saturated rings. The summed E-state index contributed by atoms with van der Waals surface area (Å²) in [5.74, 6) is -5.52. The quantitative estimate of drug-likeness (QED) is 0.752. The Morgan fingerprint density at radius 3 is 2.38 bits per heavy atom. The molecule has 1 N–H and O–H groups in total. The van der Waals surface area contributed by atoms with Gasteiger partial charge in [0.2, 0.25) is 0 Å². The minimum Gasteiger partial charge on any atom is -0.318 e. The Morgan fingerprint density at radius 2 is 1.73 bits per heavy atom. The lowest BCUT2D eigenvalue weighted by Gasteiger charge is -2.18. The second kappa shape index (κ2) is 6.67. The number of amides is 1. The highest BCUT2D eigenvalue weighted by Gasteiger charge is 2.42. The molecule has 26 heavy (non-hydrogen) atoms. The van der Waals surface area contributed by atoms with Crippen LogP contribution < -0.4 is 5.32 Å². The van der Waals surface area contributed by atoms with Gasteiger partial charge >= 0.3 is 5.92 Å². The number of aryl methyl sites for hydroxylation is 1. The van der Waals surface area contributed by atoms with Crippen LogP contribution in [0.5, 0.6) is 0 Å². The first-order valence-electron chi connectivity index (χ1n) is 7.86. The SMILES string of the molecule is Cc1ccccc1C(F)(F)C(=O)Nc1cnn(-c2ccc(F)cc2)c1C. The molecule has 7 heteroatoms. The first kappa shape index (κ1) is 17.7. The zero-order valence-electron chi connectivity index (χ0n) is 14.1. The van der Waals surface area contributed by atoms with Gasteiger partial charge in [0.05, 0.1) is 23.3 Å². The van der Waals surface area contributed by atoms with Gasteiger partial charge in [-0.25, -0.2) is 9.07 Å². The first-order chi connectivity index (χ1) is 12.3. The van der Waals surface area contributed by atoms with Crippen LogP contribution in [-0.4, -0.2) is 15.7 Å². The van der Waals surface area contributed by atoms with Gasteiger partial charge < -0.3 is 5.32 Å². The summed E-state index contributed by atoms with van der Waals surface area (Å²) in [7, 11) is 0. The molecule has 0 unspecified atom stereocenters. The van der Waals surface area contributed by atoms with E-state index in [1.54, 1.807) is 13.0 Å². The van der Waals surface area contributed by atoms with Crippen molar-refractivity contribution in [2.45, 2.75) is 19.8 Å². The Labute approximate surface area is 148 Å². The average molecular weight is 359 g/mol. The number of nitrogens with zero attached hydrogens (tertiary/aromatic N) is 2. The highest BCUT2D eigenvalue weighted by Crippen LogP contribution is 2.32. The van der Waals surface area contributed by atoms with E-state index >= 15 is 0 Å². The van der Waals surface area contributed by atoms with E-state index in [4.69, 9.17) is 0 Å². The summed E-state index contributed by atoms with van der Waals surface area (Å²) in [6, 6.07) is 11.4. The molecule has 0 aliphatic carbocycles. The number of nitrogens with one attached hydrogen (secondary N) is 1. The second-order valence-electron chi connectivity index (χ2n) is 5.88. The number of anilines is 1. The lowest BCUT2D eigenvalue weighted by Crippen LogP contribution is -2.33. The van der Waals surface area contributed by atoms with Crippen molar-refractivity contribution in [2.24, 2.45) is 0 Å². The molecule has 4 nitrogen and oxygen atoms in total. The maximum absolute atomic E-state index is 14.5. The van der Waals surface area contributed by atoms with Crippen LogP contribution in [0.1, 0.15) is 16.8 Å². The van der Waals surface area contributed by atoms with E-state index in [1.165, 1.54) is 60.3 Å². The van der Waals surface area contributed by atoms with Crippen LogP contribution in [0.2, 0.25) is 0 Å². The van der Waals surface area contributed by atoms with E-state index in [1.807, 2.05) is 0 Å². The summed E-state index contributed by atoms with van der Waals surface area (Å²) < 4.78 is 43.5. The van der Waals surface area contributed by atoms with Crippen LogP contribution in [0.25, 0.3) is 5.69 Å². The summed E-state index contributed by atoms with van der Waals surface area (Å²) in [5.41, 5.74) is 1.14. The molecular formula is C19H16F3N3O. The summed E-state index contributed by atoms with van der Waals surface area (Å²) in [6.45, 7) is 3.15. The number of halogens is 3. The number of hydrogen-bond donors (Lipinski definition) is 1. The Kier molecular flexibility index (Phi) is 4.54. The van der Waals surface area contributed by atoms with Crippen LogP contribution in [-0.2, 0) is 10.7 Å². The lowest BCUT2D eigenvalue weighted by atomic mass is 10.0. The molecule has 0 saturated heterocycles. The molecule has 2 aromatic carbocycles. The zero-order valence-corrected chi connectivity index (χ0v) is 14.1. The standard InChI is InChI=1S/C19H16F3N3O/c1-12-5-3-4-6-16(12)19(21,22)18(26)24-17-11-23-25(13(17)2)15-9-7-14(20)8-10-15/h3-11H,1-2H3,(H,24,26). The summed E-state index contributed by atoms with van der Waals surface area (Å²) in [5, 5.41) is 6.31. The Bertz CT molecular complexity index is 949. The Balaban J connectivity index is 1.86. The molecule has 0 saturated carbocycles. The molecule has 1 aromatic heterocycles. The molecule has 134 valence electrons. The van der Waals surface area contributed by atoms with Crippen molar-refractivity contribution in [1.29, 1.82) is 0 Å². The molecule has 0 aliphatic heterocycles. The molecule has 1 amide bonds. The highest BCUT2D eigenvalue weighted by molar-refractivity contribution is 5.97. The number of benzene rings is 2. The lowest BCUT2D eigenvalue weighted by molar-refractivity contribution is -0.141. The van der Waals surface area contributed by atoms with Gasteiger partial charge in [0.15, 0.2) is 0 Å². The smallest absolute Gasteiger partial charge is 0.318 e. The summed E-state index contributed by atoms with van der Waals surface area (Å²) in [4.78, 5) is 12.2. The normalized spacial score (nSPS) is 11.4. The topological polar surface area (TPSA) is 46.9 Å². The molecule has 3 rings (SSSR count). The molecule has 0 bridgehead atoms.